The number of hydrogen-bond donors (Lipinski definition) is 2. The van der Waals surface area contributed by atoms with Gasteiger partial charge in [0.25, 0.3) is 0 Å². The lowest BCUT2D eigenvalue weighted by molar-refractivity contribution is 0.194. The van der Waals surface area contributed by atoms with Crippen LogP contribution in [0.2, 0.25) is 0 Å². The Hall–Kier alpha value is -3.03. The zero-order chi connectivity index (χ0) is 23.8. The van der Waals surface area contributed by atoms with Gasteiger partial charge in [-0.1, -0.05) is 32.1 Å². The largest absolute Gasteiger partial charge is 0.383 e. The highest BCUT2D eigenvalue weighted by atomic mass is 15.3. The summed E-state index contributed by atoms with van der Waals surface area (Å²) < 4.78 is 0. The van der Waals surface area contributed by atoms with Crippen LogP contribution in [-0.4, -0.2) is 54.8 Å². The van der Waals surface area contributed by atoms with Crippen molar-refractivity contribution >= 4 is 23.2 Å². The predicted molar refractivity (Wildman–Crippen MR) is 140 cm³/mol. The van der Waals surface area contributed by atoms with E-state index in [0.29, 0.717) is 11.9 Å². The quantitative estimate of drug-likeness (QED) is 0.722. The van der Waals surface area contributed by atoms with E-state index in [2.05, 4.69) is 56.4 Å². The summed E-state index contributed by atoms with van der Waals surface area (Å²) in [6.07, 6.45) is 6.07. The first-order valence-corrected chi connectivity index (χ1v) is 11.9. The van der Waals surface area contributed by atoms with E-state index in [1.165, 1.54) is 18.4 Å². The number of likely N-dealkylation sites (tertiary alicyclic amines) is 1. The fourth-order valence-electron chi connectivity index (χ4n) is 4.26. The second-order valence-electron chi connectivity index (χ2n) is 7.93. The Bertz CT molecular complexity index is 1000. The van der Waals surface area contributed by atoms with Crippen molar-refractivity contribution < 1.29 is 0 Å². The van der Waals surface area contributed by atoms with Crippen LogP contribution in [-0.2, 0) is 6.54 Å². The molecule has 0 radical (unpaired) electrons. The van der Waals surface area contributed by atoms with Gasteiger partial charge >= 0.3 is 0 Å². The molecule has 3 N–H and O–H groups in total. The number of anilines is 2. The fraction of sp³-hybridized carbons (Fsp3) is 0.423. The molecule has 0 atom stereocenters. The summed E-state index contributed by atoms with van der Waals surface area (Å²) >= 11 is 0. The number of pyridine rings is 1. The highest BCUT2D eigenvalue weighted by Crippen LogP contribution is 2.29. The van der Waals surface area contributed by atoms with E-state index in [4.69, 9.17) is 10.7 Å². The highest BCUT2D eigenvalue weighted by Gasteiger charge is 2.31. The van der Waals surface area contributed by atoms with Crippen molar-refractivity contribution in [3.05, 3.63) is 65.5 Å². The summed E-state index contributed by atoms with van der Waals surface area (Å²) in [5.74, 6) is 2.02. The lowest BCUT2D eigenvalue weighted by Crippen LogP contribution is -2.40. The van der Waals surface area contributed by atoms with Crippen LogP contribution in [0.1, 0.15) is 44.7 Å². The van der Waals surface area contributed by atoms with Gasteiger partial charge in [-0.3, -0.25) is 14.8 Å². The van der Waals surface area contributed by atoms with Gasteiger partial charge in [-0.25, -0.2) is 9.98 Å². The maximum atomic E-state index is 6.17. The average molecular weight is 448 g/mol. The molecule has 0 bridgehead atoms. The van der Waals surface area contributed by atoms with Crippen LogP contribution in [0.3, 0.4) is 0 Å². The van der Waals surface area contributed by atoms with E-state index < -0.39 is 0 Å². The third-order valence-corrected chi connectivity index (χ3v) is 6.04. The summed E-state index contributed by atoms with van der Waals surface area (Å²) in [6.45, 7) is 9.21. The predicted octanol–water partition coefficient (Wildman–Crippen LogP) is 4.07. The van der Waals surface area contributed by atoms with Crippen LogP contribution >= 0.6 is 0 Å². The SMILES string of the molecule is C/C=C1/N=C(c2cccnc2N)N(c2ccc(CN3CCC(NC)CC3)cc2)C1=NC.CC. The summed E-state index contributed by atoms with van der Waals surface area (Å²) in [4.78, 5) is 18.2. The number of allylic oxidation sites excluding steroid dienone is 1. The first-order chi connectivity index (χ1) is 16.1. The van der Waals surface area contributed by atoms with E-state index in [0.717, 1.165) is 48.3 Å². The Morgan fingerprint density at radius 1 is 1.15 bits per heavy atom. The standard InChI is InChI=1S/C24H31N7.C2H6/c1-4-21-24(27-3)31(23(29-21)20-6-5-13-28-22(20)25)19-9-7-17(8-10-19)16-30-14-11-18(26-2)12-15-30;1-2/h4-10,13,18,26H,11-12,14-16H2,1-3H3,(H2,25,28);1-2H3/b21-4+,27-24?;. The van der Waals surface area contributed by atoms with Gasteiger partial charge in [0.05, 0.1) is 5.56 Å². The molecule has 1 aromatic heterocycles. The number of aromatic nitrogens is 1. The highest BCUT2D eigenvalue weighted by molar-refractivity contribution is 6.34. The third kappa shape index (κ3) is 5.49. The molecule has 0 spiro atoms. The molecule has 0 saturated carbocycles. The Morgan fingerprint density at radius 2 is 1.85 bits per heavy atom. The molecule has 0 unspecified atom stereocenters. The molecule has 0 amide bonds. The van der Waals surface area contributed by atoms with Crippen LogP contribution in [0.25, 0.3) is 0 Å². The van der Waals surface area contributed by atoms with Crippen molar-refractivity contribution in [2.45, 2.75) is 46.2 Å². The van der Waals surface area contributed by atoms with E-state index in [9.17, 15) is 0 Å². The Labute approximate surface area is 198 Å². The number of aliphatic imine (C=N–C) groups is 2. The number of piperidine rings is 1. The molecule has 0 aliphatic carbocycles. The number of nitrogens with two attached hydrogens (primary N) is 1. The van der Waals surface area contributed by atoms with Gasteiger partial charge in [0.1, 0.15) is 11.5 Å². The lowest BCUT2D eigenvalue weighted by Gasteiger charge is -2.31. The van der Waals surface area contributed by atoms with Gasteiger partial charge in [-0.2, -0.15) is 0 Å². The molecule has 33 heavy (non-hydrogen) atoms. The number of nitrogens with one attached hydrogen (secondary N) is 1. The van der Waals surface area contributed by atoms with Crippen molar-refractivity contribution in [3.63, 3.8) is 0 Å². The second kappa shape index (κ2) is 11.7. The van der Waals surface area contributed by atoms with E-state index in [1.54, 1.807) is 13.2 Å². The second-order valence-corrected chi connectivity index (χ2v) is 7.93. The van der Waals surface area contributed by atoms with E-state index in [1.807, 2.05) is 39.0 Å². The maximum Gasteiger partial charge on any atom is 0.159 e. The maximum absolute atomic E-state index is 6.17. The zero-order valence-corrected chi connectivity index (χ0v) is 20.5. The third-order valence-electron chi connectivity index (χ3n) is 6.04. The molecule has 1 fully saturated rings. The molecule has 7 nitrogen and oxygen atoms in total. The summed E-state index contributed by atoms with van der Waals surface area (Å²) in [6, 6.07) is 13.2. The number of benzene rings is 1. The van der Waals surface area contributed by atoms with Crippen molar-refractivity contribution in [2.24, 2.45) is 9.98 Å². The van der Waals surface area contributed by atoms with Gasteiger partial charge in [0.15, 0.2) is 11.7 Å². The minimum atomic E-state index is 0.459. The van der Waals surface area contributed by atoms with E-state index >= 15 is 0 Å². The van der Waals surface area contributed by atoms with Crippen LogP contribution < -0.4 is 16.0 Å². The smallest absolute Gasteiger partial charge is 0.159 e. The molecule has 3 heterocycles. The van der Waals surface area contributed by atoms with Crippen LogP contribution in [0, 0.1) is 0 Å². The van der Waals surface area contributed by atoms with Gasteiger partial charge in [-0.15, -0.1) is 0 Å². The minimum absolute atomic E-state index is 0.459. The monoisotopic (exact) mass is 447 g/mol. The molecule has 7 heteroatoms. The van der Waals surface area contributed by atoms with E-state index in [-0.39, 0.29) is 0 Å². The normalized spacial score (nSPS) is 19.5. The number of amidine groups is 2. The summed E-state index contributed by atoms with van der Waals surface area (Å²) in [5, 5.41) is 3.39. The fourth-order valence-corrected chi connectivity index (χ4v) is 4.26. The molecule has 2 aliphatic heterocycles. The Morgan fingerprint density at radius 3 is 2.42 bits per heavy atom. The molecule has 2 aliphatic rings. The summed E-state index contributed by atoms with van der Waals surface area (Å²) in [5.41, 5.74) is 10.1. The first kappa shape index (κ1) is 24.6. The Kier molecular flexibility index (Phi) is 8.74. The van der Waals surface area contributed by atoms with Crippen molar-refractivity contribution in [1.82, 2.24) is 15.2 Å². The number of nitrogen functional groups attached to an aromatic ring is 1. The number of hydrogen-bond acceptors (Lipinski definition) is 6. The van der Waals surface area contributed by atoms with Crippen molar-refractivity contribution in [2.75, 3.05) is 37.8 Å². The molecule has 176 valence electrons. The van der Waals surface area contributed by atoms with Gasteiger partial charge in [-0.05, 0) is 69.7 Å². The lowest BCUT2D eigenvalue weighted by atomic mass is 10.0. The Balaban J connectivity index is 0.00000149. The minimum Gasteiger partial charge on any atom is -0.383 e. The van der Waals surface area contributed by atoms with Gasteiger partial charge < -0.3 is 11.1 Å². The molecule has 4 rings (SSSR count). The zero-order valence-electron chi connectivity index (χ0n) is 20.5. The van der Waals surface area contributed by atoms with Crippen molar-refractivity contribution in [1.29, 1.82) is 0 Å². The molecule has 2 aromatic rings. The van der Waals surface area contributed by atoms with Crippen LogP contribution in [0.15, 0.2) is 64.4 Å². The summed E-state index contributed by atoms with van der Waals surface area (Å²) in [7, 11) is 3.85. The molecular formula is C26H37N7. The molecule has 1 saturated heterocycles. The topological polar surface area (TPSA) is 82.1 Å². The van der Waals surface area contributed by atoms with Crippen molar-refractivity contribution in [3.8, 4) is 0 Å². The number of rotatable bonds is 5. The molecule has 1 aromatic carbocycles. The molecular weight excluding hydrogens is 410 g/mol. The van der Waals surface area contributed by atoms with Gasteiger partial charge in [0.2, 0.25) is 0 Å². The van der Waals surface area contributed by atoms with Gasteiger partial charge in [0, 0.05) is 31.5 Å². The van der Waals surface area contributed by atoms with Crippen LogP contribution in [0.4, 0.5) is 11.5 Å². The first-order valence-electron chi connectivity index (χ1n) is 11.9. The number of nitrogens with zero attached hydrogens (tertiary/aromatic N) is 5. The van der Waals surface area contributed by atoms with Crippen LogP contribution in [0.5, 0.6) is 0 Å². The average Bonchev–Trinajstić information content (AvgIpc) is 3.25.